The molecular weight excluding hydrogens is 342 g/mol. The maximum Gasteiger partial charge on any atom is 0.268 e. The topological polar surface area (TPSA) is 60.1 Å². The quantitative estimate of drug-likeness (QED) is 0.786. The van der Waals surface area contributed by atoms with Gasteiger partial charge >= 0.3 is 0 Å². The van der Waals surface area contributed by atoms with E-state index >= 15 is 0 Å². The van der Waals surface area contributed by atoms with E-state index in [-0.39, 0.29) is 5.91 Å². The Balaban J connectivity index is 1.78. The molecule has 3 heterocycles. The van der Waals surface area contributed by atoms with Gasteiger partial charge in [-0.3, -0.25) is 4.79 Å². The fourth-order valence-corrected chi connectivity index (χ4v) is 3.13. The van der Waals surface area contributed by atoms with Crippen molar-refractivity contribution < 1.29 is 9.21 Å². The predicted molar refractivity (Wildman–Crippen MR) is 80.9 cm³/mol. The summed E-state index contributed by atoms with van der Waals surface area (Å²) in [6.07, 6.45) is 0. The van der Waals surface area contributed by atoms with Crippen LogP contribution in [-0.4, -0.2) is 15.5 Å². The Morgan fingerprint density at radius 3 is 3.00 bits per heavy atom. The van der Waals surface area contributed by atoms with Crippen molar-refractivity contribution in [2.24, 2.45) is 7.05 Å². The molecule has 0 radical (unpaired) electrons. The molecular formula is C13H12BrN3O2S. The second-order valence-electron chi connectivity index (χ2n) is 4.45. The van der Waals surface area contributed by atoms with Gasteiger partial charge in [-0.05, 0) is 22.9 Å². The number of nitrogens with one attached hydrogen (secondary N) is 1. The molecule has 0 saturated carbocycles. The van der Waals surface area contributed by atoms with E-state index < -0.39 is 0 Å². The molecule has 5 nitrogen and oxygen atoms in total. The largest absolute Gasteiger partial charge is 0.448 e. The van der Waals surface area contributed by atoms with E-state index in [4.69, 9.17) is 4.42 Å². The number of aryl methyl sites for hydroxylation is 2. The van der Waals surface area contributed by atoms with Gasteiger partial charge in [-0.25, -0.2) is 4.98 Å². The highest BCUT2D eigenvalue weighted by Crippen LogP contribution is 2.26. The molecule has 104 valence electrons. The number of halogens is 1. The summed E-state index contributed by atoms with van der Waals surface area (Å²) in [6, 6.07) is 3.58. The molecule has 3 rings (SSSR count). The Hall–Kier alpha value is -1.60. The van der Waals surface area contributed by atoms with Crippen molar-refractivity contribution in [2.75, 3.05) is 0 Å². The molecule has 7 heteroatoms. The van der Waals surface area contributed by atoms with Gasteiger partial charge in [0.25, 0.3) is 5.91 Å². The van der Waals surface area contributed by atoms with Crippen molar-refractivity contribution >= 4 is 44.3 Å². The first kappa shape index (κ1) is 13.4. The minimum absolute atomic E-state index is 0.136. The minimum atomic E-state index is -0.136. The zero-order valence-electron chi connectivity index (χ0n) is 10.9. The van der Waals surface area contributed by atoms with E-state index in [0.29, 0.717) is 22.5 Å². The normalized spacial score (nSPS) is 11.2. The molecule has 0 aliphatic rings. The van der Waals surface area contributed by atoms with Crippen LogP contribution in [0.1, 0.15) is 21.2 Å². The molecule has 0 fully saturated rings. The third kappa shape index (κ3) is 2.38. The number of furan rings is 1. The second kappa shape index (κ2) is 5.06. The molecule has 1 N–H and O–H groups in total. The average molecular weight is 354 g/mol. The SMILES string of the molecule is Cc1csc(CNC(=O)c2cc3oc(Br)cc3n2C)n1. The number of fused-ring (bicyclic) bond motifs is 1. The van der Waals surface area contributed by atoms with Gasteiger partial charge < -0.3 is 14.3 Å². The predicted octanol–water partition coefficient (Wildman–Crippen LogP) is 3.23. The Kier molecular flexibility index (Phi) is 3.39. The lowest BCUT2D eigenvalue weighted by molar-refractivity contribution is 0.0943. The summed E-state index contributed by atoms with van der Waals surface area (Å²) in [5.41, 5.74) is 3.11. The minimum Gasteiger partial charge on any atom is -0.448 e. The molecule has 0 aliphatic heterocycles. The lowest BCUT2D eigenvalue weighted by Gasteiger charge is -2.04. The van der Waals surface area contributed by atoms with Crippen LogP contribution in [0.15, 0.2) is 26.6 Å². The fourth-order valence-electron chi connectivity index (χ4n) is 2.03. The summed E-state index contributed by atoms with van der Waals surface area (Å²) < 4.78 is 7.92. The molecule has 1 amide bonds. The van der Waals surface area contributed by atoms with Gasteiger partial charge in [0.15, 0.2) is 10.3 Å². The highest BCUT2D eigenvalue weighted by atomic mass is 79.9. The van der Waals surface area contributed by atoms with Crippen LogP contribution >= 0.6 is 27.3 Å². The maximum absolute atomic E-state index is 12.2. The standard InChI is InChI=1S/C13H12BrN3O2S/c1-7-6-20-12(16-7)5-15-13(18)9-3-10-8(17(9)2)4-11(14)19-10/h3-4,6H,5H2,1-2H3,(H,15,18). The first-order valence-electron chi connectivity index (χ1n) is 5.98. The number of rotatable bonds is 3. The summed E-state index contributed by atoms with van der Waals surface area (Å²) in [5, 5.41) is 5.74. The smallest absolute Gasteiger partial charge is 0.268 e. The number of thiazole rings is 1. The monoisotopic (exact) mass is 353 g/mol. The van der Waals surface area contributed by atoms with Crippen LogP contribution in [0.25, 0.3) is 11.1 Å². The molecule has 3 aromatic heterocycles. The molecule has 0 bridgehead atoms. The molecule has 0 aliphatic carbocycles. The Bertz CT molecular complexity index is 787. The van der Waals surface area contributed by atoms with Crippen molar-refractivity contribution in [3.63, 3.8) is 0 Å². The average Bonchev–Trinajstić information content (AvgIpc) is 3.04. The van der Waals surface area contributed by atoms with Gasteiger partial charge in [0.2, 0.25) is 0 Å². The molecule has 0 spiro atoms. The van der Waals surface area contributed by atoms with Crippen molar-refractivity contribution in [3.8, 4) is 0 Å². The van der Waals surface area contributed by atoms with Crippen LogP contribution in [0.4, 0.5) is 0 Å². The summed E-state index contributed by atoms with van der Waals surface area (Å²) in [5.74, 6) is -0.136. The number of carbonyl (C=O) groups excluding carboxylic acids is 1. The number of aromatic nitrogens is 2. The Labute approximate surface area is 127 Å². The van der Waals surface area contributed by atoms with Gasteiger partial charge in [0.1, 0.15) is 10.7 Å². The van der Waals surface area contributed by atoms with Crippen LogP contribution in [-0.2, 0) is 13.6 Å². The number of hydrogen-bond acceptors (Lipinski definition) is 4. The molecule has 0 saturated heterocycles. The van der Waals surface area contributed by atoms with Crippen LogP contribution in [0.3, 0.4) is 0 Å². The van der Waals surface area contributed by atoms with E-state index in [2.05, 4.69) is 26.2 Å². The van der Waals surface area contributed by atoms with Gasteiger partial charge in [-0.2, -0.15) is 0 Å². The highest BCUT2D eigenvalue weighted by Gasteiger charge is 2.16. The molecule has 0 aromatic carbocycles. The first-order valence-corrected chi connectivity index (χ1v) is 7.66. The van der Waals surface area contributed by atoms with Gasteiger partial charge in [0, 0.05) is 30.3 Å². The molecule has 0 atom stereocenters. The van der Waals surface area contributed by atoms with Crippen molar-refractivity contribution in [1.29, 1.82) is 0 Å². The Morgan fingerprint density at radius 1 is 1.55 bits per heavy atom. The maximum atomic E-state index is 12.2. The van der Waals surface area contributed by atoms with Crippen LogP contribution in [0, 0.1) is 6.92 Å². The zero-order chi connectivity index (χ0) is 14.3. The number of nitrogens with zero attached hydrogens (tertiary/aromatic N) is 2. The first-order chi connectivity index (χ1) is 9.54. The van der Waals surface area contributed by atoms with Crippen LogP contribution in [0.5, 0.6) is 0 Å². The van der Waals surface area contributed by atoms with E-state index in [1.165, 1.54) is 0 Å². The summed E-state index contributed by atoms with van der Waals surface area (Å²) in [6.45, 7) is 2.37. The summed E-state index contributed by atoms with van der Waals surface area (Å²) in [7, 11) is 1.84. The van der Waals surface area contributed by atoms with E-state index in [1.54, 1.807) is 17.4 Å². The number of carbonyl (C=O) groups is 1. The van der Waals surface area contributed by atoms with Gasteiger partial charge in [-0.1, -0.05) is 0 Å². The molecule has 3 aromatic rings. The molecule has 0 unspecified atom stereocenters. The van der Waals surface area contributed by atoms with Crippen molar-refractivity contribution in [1.82, 2.24) is 14.9 Å². The zero-order valence-corrected chi connectivity index (χ0v) is 13.3. The summed E-state index contributed by atoms with van der Waals surface area (Å²) in [4.78, 5) is 16.5. The van der Waals surface area contributed by atoms with Gasteiger partial charge in [0.05, 0.1) is 12.1 Å². The van der Waals surface area contributed by atoms with E-state index in [1.807, 2.05) is 30.0 Å². The lowest BCUT2D eigenvalue weighted by atomic mass is 10.4. The van der Waals surface area contributed by atoms with Crippen LogP contribution < -0.4 is 5.32 Å². The fraction of sp³-hybridized carbons (Fsp3) is 0.231. The Morgan fingerprint density at radius 2 is 2.35 bits per heavy atom. The van der Waals surface area contributed by atoms with Crippen LogP contribution in [0.2, 0.25) is 0 Å². The summed E-state index contributed by atoms with van der Waals surface area (Å²) >= 11 is 4.82. The number of hydrogen-bond donors (Lipinski definition) is 1. The van der Waals surface area contributed by atoms with E-state index in [9.17, 15) is 4.79 Å². The van der Waals surface area contributed by atoms with Gasteiger partial charge in [-0.15, -0.1) is 11.3 Å². The highest BCUT2D eigenvalue weighted by molar-refractivity contribution is 9.10. The third-order valence-electron chi connectivity index (χ3n) is 3.00. The lowest BCUT2D eigenvalue weighted by Crippen LogP contribution is -2.24. The second-order valence-corrected chi connectivity index (χ2v) is 6.18. The van der Waals surface area contributed by atoms with Crippen molar-refractivity contribution in [3.05, 3.63) is 38.6 Å². The molecule has 20 heavy (non-hydrogen) atoms. The van der Waals surface area contributed by atoms with E-state index in [0.717, 1.165) is 16.2 Å². The number of amides is 1. The van der Waals surface area contributed by atoms with Crippen molar-refractivity contribution in [2.45, 2.75) is 13.5 Å². The third-order valence-corrected chi connectivity index (χ3v) is 4.36.